The summed E-state index contributed by atoms with van der Waals surface area (Å²) < 4.78 is 0. The predicted molar refractivity (Wildman–Crippen MR) is 39.6 cm³/mol. The second kappa shape index (κ2) is 2.53. The summed E-state index contributed by atoms with van der Waals surface area (Å²) in [4.78, 5) is 4.31. The number of thioether (sulfide) groups is 1. The van der Waals surface area contributed by atoms with Crippen LogP contribution in [0.15, 0.2) is 4.99 Å². The van der Waals surface area contributed by atoms with E-state index in [1.165, 1.54) is 11.5 Å². The molecule has 0 radical (unpaired) electrons. The Balaban J connectivity index is 2.49. The first-order valence-electron chi connectivity index (χ1n) is 2.93. The zero-order chi connectivity index (χ0) is 5.98. The Morgan fingerprint density at radius 1 is 1.75 bits per heavy atom. The quantitative estimate of drug-likeness (QED) is 0.485. The summed E-state index contributed by atoms with van der Waals surface area (Å²) in [6, 6.07) is 0. The number of hydrogen-bond acceptors (Lipinski definition) is 2. The van der Waals surface area contributed by atoms with Gasteiger partial charge in [-0.1, -0.05) is 6.92 Å². The van der Waals surface area contributed by atoms with Crippen LogP contribution in [0.4, 0.5) is 0 Å². The van der Waals surface area contributed by atoms with Gasteiger partial charge in [0.15, 0.2) is 0 Å². The number of rotatable bonds is 0. The van der Waals surface area contributed by atoms with Crippen LogP contribution >= 0.6 is 11.8 Å². The molecule has 0 fully saturated rings. The first-order chi connectivity index (χ1) is 3.84. The fraction of sp³-hybridized carbons (Fsp3) is 0.833. The normalized spacial score (nSPS) is 28.2. The van der Waals surface area contributed by atoms with Gasteiger partial charge in [-0.15, -0.1) is 11.8 Å². The molecule has 0 spiro atoms. The van der Waals surface area contributed by atoms with Crippen molar-refractivity contribution in [2.75, 3.05) is 12.8 Å². The average Bonchev–Trinajstić information content (AvgIpc) is 2.14. The standard InChI is InChI=1S/C6H11NS/c1-5-3-4-7-6(5)8-2/h5H,3-4H2,1-2H3/t5-/m0/s1. The lowest BCUT2D eigenvalue weighted by Gasteiger charge is -1.99. The summed E-state index contributed by atoms with van der Waals surface area (Å²) in [7, 11) is 0. The van der Waals surface area contributed by atoms with Crippen molar-refractivity contribution in [2.24, 2.45) is 10.9 Å². The third kappa shape index (κ3) is 1.05. The highest BCUT2D eigenvalue weighted by Gasteiger charge is 2.13. The van der Waals surface area contributed by atoms with Crippen LogP contribution in [0.3, 0.4) is 0 Å². The van der Waals surface area contributed by atoms with Crippen LogP contribution in [-0.2, 0) is 0 Å². The van der Waals surface area contributed by atoms with Gasteiger partial charge in [0.05, 0.1) is 5.04 Å². The van der Waals surface area contributed by atoms with Crippen LogP contribution in [0.25, 0.3) is 0 Å². The maximum atomic E-state index is 4.31. The molecule has 0 aromatic heterocycles. The van der Waals surface area contributed by atoms with Crippen molar-refractivity contribution in [3.8, 4) is 0 Å². The maximum absolute atomic E-state index is 4.31. The van der Waals surface area contributed by atoms with Crippen LogP contribution in [0, 0.1) is 5.92 Å². The van der Waals surface area contributed by atoms with Gasteiger partial charge in [0.1, 0.15) is 0 Å². The molecular formula is C6H11NS. The minimum absolute atomic E-state index is 0.741. The van der Waals surface area contributed by atoms with Gasteiger partial charge in [-0.25, -0.2) is 0 Å². The summed E-state index contributed by atoms with van der Waals surface area (Å²) in [5.74, 6) is 0.741. The average molecular weight is 129 g/mol. The summed E-state index contributed by atoms with van der Waals surface area (Å²) in [5.41, 5.74) is 0. The van der Waals surface area contributed by atoms with Gasteiger partial charge in [0, 0.05) is 12.5 Å². The van der Waals surface area contributed by atoms with Gasteiger partial charge in [0.2, 0.25) is 0 Å². The number of hydrogen-bond donors (Lipinski definition) is 0. The van der Waals surface area contributed by atoms with Gasteiger partial charge in [-0.05, 0) is 12.7 Å². The maximum Gasteiger partial charge on any atom is 0.0702 e. The molecule has 0 aromatic rings. The summed E-state index contributed by atoms with van der Waals surface area (Å²) in [6.07, 6.45) is 3.36. The zero-order valence-corrected chi connectivity index (χ0v) is 6.16. The van der Waals surface area contributed by atoms with E-state index in [0.717, 1.165) is 12.5 Å². The third-order valence-electron chi connectivity index (χ3n) is 1.46. The SMILES string of the molecule is CSC1=NCC[C@@H]1C. The molecule has 0 aromatic carbocycles. The Kier molecular flexibility index (Phi) is 1.95. The fourth-order valence-electron chi connectivity index (χ4n) is 0.913. The number of nitrogens with zero attached hydrogens (tertiary/aromatic N) is 1. The van der Waals surface area contributed by atoms with E-state index in [-0.39, 0.29) is 0 Å². The Morgan fingerprint density at radius 2 is 2.50 bits per heavy atom. The van der Waals surface area contributed by atoms with Crippen LogP contribution in [0.5, 0.6) is 0 Å². The molecule has 1 atom stereocenters. The monoisotopic (exact) mass is 129 g/mol. The van der Waals surface area contributed by atoms with Gasteiger partial charge in [0.25, 0.3) is 0 Å². The van der Waals surface area contributed by atoms with E-state index < -0.39 is 0 Å². The van der Waals surface area contributed by atoms with E-state index in [2.05, 4.69) is 18.2 Å². The fourth-order valence-corrected chi connectivity index (χ4v) is 1.65. The molecule has 0 unspecified atom stereocenters. The van der Waals surface area contributed by atoms with Crippen LogP contribution in [0.2, 0.25) is 0 Å². The molecule has 0 amide bonds. The summed E-state index contributed by atoms with van der Waals surface area (Å²) >= 11 is 1.79. The highest BCUT2D eigenvalue weighted by Crippen LogP contribution is 2.19. The van der Waals surface area contributed by atoms with E-state index in [0.29, 0.717) is 0 Å². The Hall–Kier alpha value is 0.0200. The van der Waals surface area contributed by atoms with Crippen molar-refractivity contribution >= 4 is 16.8 Å². The zero-order valence-electron chi connectivity index (χ0n) is 5.35. The van der Waals surface area contributed by atoms with Crippen molar-refractivity contribution in [1.82, 2.24) is 0 Å². The first kappa shape index (κ1) is 6.14. The molecule has 0 N–H and O–H groups in total. The van der Waals surface area contributed by atoms with E-state index in [1.54, 1.807) is 11.8 Å². The topological polar surface area (TPSA) is 12.4 Å². The predicted octanol–water partition coefficient (Wildman–Crippen LogP) is 1.79. The van der Waals surface area contributed by atoms with Gasteiger partial charge < -0.3 is 0 Å². The molecule has 1 aliphatic heterocycles. The largest absolute Gasteiger partial charge is 0.283 e. The highest BCUT2D eigenvalue weighted by molar-refractivity contribution is 8.13. The Bertz CT molecular complexity index is 109. The van der Waals surface area contributed by atoms with E-state index in [1.807, 2.05) is 0 Å². The lowest BCUT2D eigenvalue weighted by molar-refractivity contribution is 0.755. The Labute approximate surface area is 54.6 Å². The van der Waals surface area contributed by atoms with Crippen molar-refractivity contribution in [3.05, 3.63) is 0 Å². The summed E-state index contributed by atoms with van der Waals surface area (Å²) in [5, 5.41) is 1.34. The van der Waals surface area contributed by atoms with Crippen molar-refractivity contribution < 1.29 is 0 Å². The second-order valence-electron chi connectivity index (χ2n) is 2.11. The number of aliphatic imine (C=N–C) groups is 1. The Morgan fingerprint density at radius 3 is 2.75 bits per heavy atom. The lowest BCUT2D eigenvalue weighted by Crippen LogP contribution is -1.98. The van der Waals surface area contributed by atoms with Gasteiger partial charge in [-0.2, -0.15) is 0 Å². The molecule has 1 nitrogen and oxygen atoms in total. The van der Waals surface area contributed by atoms with E-state index in [4.69, 9.17) is 0 Å². The van der Waals surface area contributed by atoms with Gasteiger partial charge in [-0.3, -0.25) is 4.99 Å². The van der Waals surface area contributed by atoms with Crippen molar-refractivity contribution in [2.45, 2.75) is 13.3 Å². The molecule has 1 aliphatic rings. The van der Waals surface area contributed by atoms with E-state index >= 15 is 0 Å². The van der Waals surface area contributed by atoms with Crippen LogP contribution in [-0.4, -0.2) is 17.8 Å². The molecule has 2 heteroatoms. The molecule has 0 saturated heterocycles. The molecule has 46 valence electrons. The molecule has 0 aliphatic carbocycles. The van der Waals surface area contributed by atoms with Crippen LogP contribution in [0.1, 0.15) is 13.3 Å². The second-order valence-corrected chi connectivity index (χ2v) is 2.94. The molecule has 0 saturated carbocycles. The molecule has 0 bridgehead atoms. The first-order valence-corrected chi connectivity index (χ1v) is 4.15. The van der Waals surface area contributed by atoms with Gasteiger partial charge >= 0.3 is 0 Å². The smallest absolute Gasteiger partial charge is 0.0702 e. The van der Waals surface area contributed by atoms with Crippen molar-refractivity contribution in [1.29, 1.82) is 0 Å². The third-order valence-corrected chi connectivity index (χ3v) is 2.41. The molecule has 1 heterocycles. The molecule has 8 heavy (non-hydrogen) atoms. The van der Waals surface area contributed by atoms with Crippen molar-refractivity contribution in [3.63, 3.8) is 0 Å². The molecular weight excluding hydrogens is 118 g/mol. The minimum Gasteiger partial charge on any atom is -0.283 e. The lowest BCUT2D eigenvalue weighted by atomic mass is 10.2. The van der Waals surface area contributed by atoms with E-state index in [9.17, 15) is 0 Å². The summed E-state index contributed by atoms with van der Waals surface area (Å²) in [6.45, 7) is 3.29. The highest BCUT2D eigenvalue weighted by atomic mass is 32.2. The van der Waals surface area contributed by atoms with Crippen LogP contribution < -0.4 is 0 Å². The molecule has 1 rings (SSSR count). The minimum atomic E-state index is 0.741.